The Bertz CT molecular complexity index is 410. The number of rotatable bonds is 5. The molecule has 0 N–H and O–H groups in total. The fraction of sp³-hybridized carbons (Fsp3) is 0.529. The lowest BCUT2D eigenvalue weighted by molar-refractivity contribution is -0.171. The maximum atomic E-state index is 5.94. The summed E-state index contributed by atoms with van der Waals surface area (Å²) in [5.41, 5.74) is 1.97. The van der Waals surface area contributed by atoms with Gasteiger partial charge in [-0.15, -0.1) is 0 Å². The van der Waals surface area contributed by atoms with Crippen LogP contribution in [0, 0.1) is 5.92 Å². The monoisotopic (exact) mass is 262 g/mol. The number of hydrogen-bond acceptors (Lipinski definition) is 2. The van der Waals surface area contributed by atoms with Crippen LogP contribution in [0.4, 0.5) is 0 Å². The van der Waals surface area contributed by atoms with Crippen molar-refractivity contribution in [3.8, 4) is 5.75 Å². The summed E-state index contributed by atoms with van der Waals surface area (Å²) in [4.78, 5) is 0. The van der Waals surface area contributed by atoms with Gasteiger partial charge < -0.3 is 9.47 Å². The lowest BCUT2D eigenvalue weighted by Crippen LogP contribution is -2.35. The second-order valence-electron chi connectivity index (χ2n) is 6.27. The van der Waals surface area contributed by atoms with Gasteiger partial charge in [0.15, 0.2) is 0 Å². The van der Waals surface area contributed by atoms with Crippen molar-refractivity contribution in [3.05, 3.63) is 36.4 Å². The van der Waals surface area contributed by atoms with Crippen molar-refractivity contribution in [1.29, 1.82) is 0 Å². The molecule has 0 fully saturated rings. The van der Waals surface area contributed by atoms with Crippen molar-refractivity contribution in [3.63, 3.8) is 0 Å². The lowest BCUT2D eigenvalue weighted by Gasteiger charge is -2.30. The van der Waals surface area contributed by atoms with E-state index in [1.165, 1.54) is 0 Å². The average Bonchev–Trinajstić information content (AvgIpc) is 2.27. The smallest absolute Gasteiger partial charge is 0.202 e. The number of hydrogen-bond donors (Lipinski definition) is 0. The third kappa shape index (κ3) is 5.48. The van der Waals surface area contributed by atoms with E-state index in [9.17, 15) is 0 Å². The molecule has 0 spiro atoms. The molecule has 0 saturated heterocycles. The maximum Gasteiger partial charge on any atom is 0.202 e. The molecule has 1 rings (SSSR count). The van der Waals surface area contributed by atoms with Gasteiger partial charge in [-0.05, 0) is 45.4 Å². The first-order chi connectivity index (χ1) is 8.69. The van der Waals surface area contributed by atoms with Gasteiger partial charge in [-0.2, -0.15) is 0 Å². The van der Waals surface area contributed by atoms with Gasteiger partial charge in [-0.3, -0.25) is 0 Å². The Hall–Kier alpha value is -1.28. The summed E-state index contributed by atoms with van der Waals surface area (Å²) in [5.74, 6) is 1.12. The molecule has 0 heterocycles. The lowest BCUT2D eigenvalue weighted by atomic mass is 10.1. The fourth-order valence-corrected chi connectivity index (χ4v) is 1.60. The van der Waals surface area contributed by atoms with E-state index in [0.29, 0.717) is 5.92 Å². The third-order valence-electron chi connectivity index (χ3n) is 2.61. The largest absolute Gasteiger partial charge is 0.465 e. The minimum atomic E-state index is -0.240. The van der Waals surface area contributed by atoms with Gasteiger partial charge >= 0.3 is 0 Å². The second kappa shape index (κ2) is 6.25. The van der Waals surface area contributed by atoms with E-state index in [2.05, 4.69) is 20.4 Å². The molecule has 19 heavy (non-hydrogen) atoms. The Kier molecular flexibility index (Phi) is 5.19. The normalized spacial score (nSPS) is 13.4. The van der Waals surface area contributed by atoms with Crippen LogP contribution in [0.5, 0.6) is 5.75 Å². The highest BCUT2D eigenvalue weighted by atomic mass is 16.7. The minimum absolute atomic E-state index is 0.216. The molecule has 106 valence electrons. The van der Waals surface area contributed by atoms with Crippen LogP contribution in [-0.4, -0.2) is 11.9 Å². The van der Waals surface area contributed by atoms with E-state index in [-0.39, 0.29) is 11.9 Å². The molecule has 1 atom stereocenters. The Morgan fingerprint density at radius 2 is 1.63 bits per heavy atom. The highest BCUT2D eigenvalue weighted by molar-refractivity contribution is 5.61. The summed E-state index contributed by atoms with van der Waals surface area (Å²) in [7, 11) is 0. The molecular formula is C17H26O2. The Morgan fingerprint density at radius 1 is 1.11 bits per heavy atom. The Labute approximate surface area is 117 Å². The van der Waals surface area contributed by atoms with Crippen LogP contribution in [0.3, 0.4) is 0 Å². The van der Waals surface area contributed by atoms with Gasteiger partial charge in [0.1, 0.15) is 5.75 Å². The molecule has 0 saturated carbocycles. The van der Waals surface area contributed by atoms with Gasteiger partial charge in [0.05, 0.1) is 5.60 Å². The molecule has 1 unspecified atom stereocenters. The van der Waals surface area contributed by atoms with E-state index < -0.39 is 0 Å². The van der Waals surface area contributed by atoms with Crippen molar-refractivity contribution in [2.45, 2.75) is 53.4 Å². The third-order valence-corrected chi connectivity index (χ3v) is 2.61. The molecule has 2 nitrogen and oxygen atoms in total. The average molecular weight is 262 g/mol. The van der Waals surface area contributed by atoms with Crippen LogP contribution in [-0.2, 0) is 4.74 Å². The Balaban J connectivity index is 2.76. The fourth-order valence-electron chi connectivity index (χ4n) is 1.60. The highest BCUT2D eigenvalue weighted by Crippen LogP contribution is 2.23. The molecule has 1 aromatic carbocycles. The predicted molar refractivity (Wildman–Crippen MR) is 81.2 cm³/mol. The standard InChI is InChI=1S/C17H26O2/c1-12(2)14-8-10-15(11-9-14)18-16(13(3)4)19-17(5,6)7/h8-11,13,16H,1H2,2-7H3. The van der Waals surface area contributed by atoms with Gasteiger partial charge in [0, 0.05) is 5.92 Å². The van der Waals surface area contributed by atoms with Crippen molar-refractivity contribution in [1.82, 2.24) is 0 Å². The molecule has 0 bridgehead atoms. The zero-order valence-electron chi connectivity index (χ0n) is 13.0. The van der Waals surface area contributed by atoms with Gasteiger partial charge in [0.25, 0.3) is 0 Å². The summed E-state index contributed by atoms with van der Waals surface area (Å²) >= 11 is 0. The zero-order chi connectivity index (χ0) is 14.6. The molecule has 2 heteroatoms. The number of ether oxygens (including phenoxy) is 2. The molecule has 0 aliphatic heterocycles. The summed E-state index contributed by atoms with van der Waals surface area (Å²) in [6.07, 6.45) is -0.240. The summed E-state index contributed by atoms with van der Waals surface area (Å²) in [6, 6.07) is 7.97. The predicted octanol–water partition coefficient (Wildman–Crippen LogP) is 4.90. The molecule has 0 radical (unpaired) electrons. The van der Waals surface area contributed by atoms with E-state index in [1.807, 2.05) is 52.0 Å². The SMILES string of the molecule is C=C(C)c1ccc(OC(OC(C)(C)C)C(C)C)cc1. The van der Waals surface area contributed by atoms with Crippen LogP contribution in [0.2, 0.25) is 0 Å². The van der Waals surface area contributed by atoms with Crippen LogP contribution >= 0.6 is 0 Å². The summed E-state index contributed by atoms with van der Waals surface area (Å²) in [6.45, 7) is 16.2. The molecule has 0 amide bonds. The molecule has 0 aliphatic rings. The second-order valence-corrected chi connectivity index (χ2v) is 6.27. The number of benzene rings is 1. The van der Waals surface area contributed by atoms with E-state index in [0.717, 1.165) is 16.9 Å². The molecule has 0 aliphatic carbocycles. The van der Waals surface area contributed by atoms with Crippen LogP contribution in [0.25, 0.3) is 5.57 Å². The summed E-state index contributed by atoms with van der Waals surface area (Å²) in [5, 5.41) is 0. The van der Waals surface area contributed by atoms with Gasteiger partial charge in [-0.1, -0.05) is 38.1 Å². The van der Waals surface area contributed by atoms with E-state index in [4.69, 9.17) is 9.47 Å². The minimum Gasteiger partial charge on any atom is -0.465 e. The molecular weight excluding hydrogens is 236 g/mol. The highest BCUT2D eigenvalue weighted by Gasteiger charge is 2.23. The van der Waals surface area contributed by atoms with Crippen LogP contribution < -0.4 is 4.74 Å². The Morgan fingerprint density at radius 3 is 2.00 bits per heavy atom. The topological polar surface area (TPSA) is 18.5 Å². The molecule has 1 aromatic rings. The van der Waals surface area contributed by atoms with Crippen LogP contribution in [0.15, 0.2) is 30.8 Å². The maximum absolute atomic E-state index is 5.94. The quantitative estimate of drug-likeness (QED) is 0.703. The first-order valence-electron chi connectivity index (χ1n) is 6.79. The van der Waals surface area contributed by atoms with Gasteiger partial charge in [0.2, 0.25) is 6.29 Å². The van der Waals surface area contributed by atoms with Crippen molar-refractivity contribution in [2.24, 2.45) is 5.92 Å². The first-order valence-corrected chi connectivity index (χ1v) is 6.79. The van der Waals surface area contributed by atoms with E-state index >= 15 is 0 Å². The van der Waals surface area contributed by atoms with Crippen LogP contribution in [0.1, 0.15) is 47.1 Å². The summed E-state index contributed by atoms with van der Waals surface area (Å²) < 4.78 is 11.9. The van der Waals surface area contributed by atoms with Crippen molar-refractivity contribution in [2.75, 3.05) is 0 Å². The van der Waals surface area contributed by atoms with E-state index in [1.54, 1.807) is 0 Å². The molecule has 0 aromatic heterocycles. The van der Waals surface area contributed by atoms with Gasteiger partial charge in [-0.25, -0.2) is 0 Å². The zero-order valence-corrected chi connectivity index (χ0v) is 13.0. The number of allylic oxidation sites excluding steroid dienone is 1. The van der Waals surface area contributed by atoms with Crippen molar-refractivity contribution < 1.29 is 9.47 Å². The van der Waals surface area contributed by atoms with Crippen molar-refractivity contribution >= 4 is 5.57 Å². The first kappa shape index (κ1) is 15.8.